The van der Waals surface area contributed by atoms with Gasteiger partial charge in [-0.1, -0.05) is 0 Å². The molecule has 0 saturated carbocycles. The Morgan fingerprint density at radius 3 is 2.26 bits per heavy atom. The van der Waals surface area contributed by atoms with Gasteiger partial charge in [-0.3, -0.25) is 9.59 Å². The van der Waals surface area contributed by atoms with E-state index in [4.69, 9.17) is 9.47 Å². The van der Waals surface area contributed by atoms with Crippen molar-refractivity contribution < 1.29 is 23.9 Å². The van der Waals surface area contributed by atoms with E-state index >= 15 is 0 Å². The molecule has 0 spiro atoms. The lowest BCUT2D eigenvalue weighted by Gasteiger charge is -2.10. The lowest BCUT2D eigenvalue weighted by atomic mass is 10.1. The van der Waals surface area contributed by atoms with Crippen molar-refractivity contribution in [2.24, 2.45) is 0 Å². The summed E-state index contributed by atoms with van der Waals surface area (Å²) in [6, 6.07) is 8.13. The minimum Gasteiger partial charge on any atom is -0.496 e. The number of hydrogen-bond acceptors (Lipinski definition) is 6. The van der Waals surface area contributed by atoms with Gasteiger partial charge in [0.15, 0.2) is 11.6 Å². The minimum absolute atomic E-state index is 0.0174. The normalized spacial score (nSPS) is 10.2. The Labute approximate surface area is 137 Å². The maximum absolute atomic E-state index is 12.0. The van der Waals surface area contributed by atoms with Crippen molar-refractivity contribution >= 4 is 28.9 Å². The first-order chi connectivity index (χ1) is 10.9. The van der Waals surface area contributed by atoms with Crippen molar-refractivity contribution in [2.45, 2.75) is 20.5 Å². The fraction of sp³-hybridized carbons (Fsp3) is 0.235. The lowest BCUT2D eigenvalue weighted by Crippen LogP contribution is -2.05. The standard InChI is InChI=1S/C17H16O5S/c1-10(18)12-4-5-14(21-3)13(8-12)9-22-17(20)16-7-6-15(23-16)11(2)19/h4-8H,9H2,1-3H3. The van der Waals surface area contributed by atoms with Crippen LogP contribution in [0.5, 0.6) is 5.75 Å². The van der Waals surface area contributed by atoms with E-state index in [1.807, 2.05) is 0 Å². The smallest absolute Gasteiger partial charge is 0.348 e. The van der Waals surface area contributed by atoms with Crippen LogP contribution in [0.3, 0.4) is 0 Å². The zero-order valence-corrected chi connectivity index (χ0v) is 13.9. The molecule has 0 aliphatic carbocycles. The summed E-state index contributed by atoms with van der Waals surface area (Å²) in [6.07, 6.45) is 0. The number of ether oxygens (including phenoxy) is 2. The van der Waals surface area contributed by atoms with E-state index in [0.717, 1.165) is 11.3 Å². The summed E-state index contributed by atoms with van der Waals surface area (Å²) in [7, 11) is 1.51. The number of rotatable bonds is 6. The summed E-state index contributed by atoms with van der Waals surface area (Å²) in [5.74, 6) is -0.148. The van der Waals surface area contributed by atoms with E-state index < -0.39 is 5.97 Å². The molecule has 0 bridgehead atoms. The zero-order valence-electron chi connectivity index (χ0n) is 13.0. The molecule has 0 aliphatic rings. The van der Waals surface area contributed by atoms with Crippen molar-refractivity contribution in [3.05, 3.63) is 51.2 Å². The molecule has 5 nitrogen and oxygen atoms in total. The number of hydrogen-bond donors (Lipinski definition) is 0. The minimum atomic E-state index is -0.516. The molecule has 0 fully saturated rings. The van der Waals surface area contributed by atoms with E-state index in [9.17, 15) is 14.4 Å². The molecule has 6 heteroatoms. The molecule has 0 saturated heterocycles. The second-order valence-corrected chi connectivity index (χ2v) is 5.96. The average molecular weight is 332 g/mol. The third kappa shape index (κ3) is 4.04. The largest absolute Gasteiger partial charge is 0.496 e. The molecule has 1 aromatic carbocycles. The number of benzene rings is 1. The van der Waals surface area contributed by atoms with Gasteiger partial charge in [-0.15, -0.1) is 11.3 Å². The van der Waals surface area contributed by atoms with Gasteiger partial charge >= 0.3 is 5.97 Å². The highest BCUT2D eigenvalue weighted by molar-refractivity contribution is 7.15. The van der Waals surface area contributed by atoms with E-state index in [0.29, 0.717) is 26.6 Å². The van der Waals surface area contributed by atoms with Crippen LogP contribution in [0, 0.1) is 0 Å². The van der Waals surface area contributed by atoms with Gasteiger partial charge in [0, 0.05) is 11.1 Å². The quantitative estimate of drug-likeness (QED) is 0.598. The van der Waals surface area contributed by atoms with Gasteiger partial charge in [0.05, 0.1) is 12.0 Å². The van der Waals surface area contributed by atoms with Crippen LogP contribution in [-0.2, 0) is 11.3 Å². The maximum Gasteiger partial charge on any atom is 0.348 e. The van der Waals surface area contributed by atoms with Crippen LogP contribution in [0.15, 0.2) is 30.3 Å². The fourth-order valence-corrected chi connectivity index (χ4v) is 2.76. The van der Waals surface area contributed by atoms with E-state index in [-0.39, 0.29) is 18.2 Å². The number of esters is 1. The first-order valence-corrected chi connectivity index (χ1v) is 7.69. The fourth-order valence-electron chi connectivity index (χ4n) is 1.96. The Morgan fingerprint density at radius 1 is 1.00 bits per heavy atom. The molecule has 1 heterocycles. The highest BCUT2D eigenvalue weighted by Crippen LogP contribution is 2.23. The molecule has 1 aromatic heterocycles. The van der Waals surface area contributed by atoms with Gasteiger partial charge in [-0.25, -0.2) is 4.79 Å². The van der Waals surface area contributed by atoms with Crippen molar-refractivity contribution in [1.82, 2.24) is 0 Å². The van der Waals surface area contributed by atoms with Crippen LogP contribution < -0.4 is 4.74 Å². The Kier molecular flexibility index (Phi) is 5.28. The molecule has 0 aliphatic heterocycles. The predicted octanol–water partition coefficient (Wildman–Crippen LogP) is 3.52. The molecule has 23 heavy (non-hydrogen) atoms. The van der Waals surface area contributed by atoms with E-state index in [1.54, 1.807) is 30.3 Å². The summed E-state index contributed by atoms with van der Waals surface area (Å²) in [4.78, 5) is 35.6. The van der Waals surface area contributed by atoms with Gasteiger partial charge in [-0.05, 0) is 44.2 Å². The van der Waals surface area contributed by atoms with Gasteiger partial charge in [0.1, 0.15) is 17.2 Å². The van der Waals surface area contributed by atoms with Crippen LogP contribution >= 0.6 is 11.3 Å². The summed E-state index contributed by atoms with van der Waals surface area (Å²) in [6.45, 7) is 2.89. The molecular weight excluding hydrogens is 316 g/mol. The van der Waals surface area contributed by atoms with Crippen molar-refractivity contribution in [3.63, 3.8) is 0 Å². The summed E-state index contributed by atoms with van der Waals surface area (Å²) in [5.41, 5.74) is 1.13. The highest BCUT2D eigenvalue weighted by atomic mass is 32.1. The molecule has 2 aromatic rings. The third-order valence-corrected chi connectivity index (χ3v) is 4.37. The predicted molar refractivity (Wildman–Crippen MR) is 86.4 cm³/mol. The van der Waals surface area contributed by atoms with Gasteiger partial charge in [0.2, 0.25) is 0 Å². The number of carbonyl (C=O) groups is 3. The Balaban J connectivity index is 2.12. The SMILES string of the molecule is COc1ccc(C(C)=O)cc1COC(=O)c1ccc(C(C)=O)s1. The average Bonchev–Trinajstić information content (AvgIpc) is 3.02. The molecule has 0 amide bonds. The van der Waals surface area contributed by atoms with Crippen molar-refractivity contribution in [3.8, 4) is 5.75 Å². The van der Waals surface area contributed by atoms with Crippen molar-refractivity contribution in [2.75, 3.05) is 7.11 Å². The van der Waals surface area contributed by atoms with E-state index in [1.165, 1.54) is 21.0 Å². The van der Waals surface area contributed by atoms with Gasteiger partial charge in [0.25, 0.3) is 0 Å². The number of methoxy groups -OCH3 is 1. The monoisotopic (exact) mass is 332 g/mol. The van der Waals surface area contributed by atoms with Crippen LogP contribution in [-0.4, -0.2) is 24.6 Å². The summed E-state index contributed by atoms with van der Waals surface area (Å²) < 4.78 is 10.5. The van der Waals surface area contributed by atoms with Crippen molar-refractivity contribution in [1.29, 1.82) is 0 Å². The Hall–Kier alpha value is -2.47. The molecule has 2 rings (SSSR count). The summed E-state index contributed by atoms with van der Waals surface area (Å²) in [5, 5.41) is 0. The van der Waals surface area contributed by atoms with E-state index in [2.05, 4.69) is 0 Å². The molecule has 0 N–H and O–H groups in total. The van der Waals surface area contributed by atoms with Crippen LogP contribution in [0.1, 0.15) is 49.1 Å². The third-order valence-electron chi connectivity index (χ3n) is 3.20. The number of thiophene rings is 1. The molecule has 120 valence electrons. The topological polar surface area (TPSA) is 69.7 Å². The molecule has 0 radical (unpaired) electrons. The number of Topliss-reactive ketones (excluding diaryl/α,β-unsaturated/α-hetero) is 2. The Bertz CT molecular complexity index is 760. The lowest BCUT2D eigenvalue weighted by molar-refractivity contribution is 0.0476. The Morgan fingerprint density at radius 2 is 1.70 bits per heavy atom. The van der Waals surface area contributed by atoms with Crippen LogP contribution in [0.25, 0.3) is 0 Å². The highest BCUT2D eigenvalue weighted by Gasteiger charge is 2.14. The first-order valence-electron chi connectivity index (χ1n) is 6.88. The van der Waals surface area contributed by atoms with Gasteiger partial charge in [-0.2, -0.15) is 0 Å². The van der Waals surface area contributed by atoms with Gasteiger partial charge < -0.3 is 9.47 Å². The zero-order chi connectivity index (χ0) is 17.0. The summed E-state index contributed by atoms with van der Waals surface area (Å²) >= 11 is 1.09. The van der Waals surface area contributed by atoms with Crippen LogP contribution in [0.2, 0.25) is 0 Å². The number of carbonyl (C=O) groups excluding carboxylic acids is 3. The molecule has 0 unspecified atom stereocenters. The number of ketones is 2. The second-order valence-electron chi connectivity index (χ2n) is 4.88. The first kappa shape index (κ1) is 16.9. The second kappa shape index (κ2) is 7.19. The molecule has 0 atom stereocenters. The van der Waals surface area contributed by atoms with Crippen LogP contribution in [0.4, 0.5) is 0 Å². The maximum atomic E-state index is 12.0. The molecular formula is C17H16O5S.